The molecule has 0 saturated carbocycles. The lowest BCUT2D eigenvalue weighted by Crippen LogP contribution is -2.28. The Morgan fingerprint density at radius 1 is 0.472 bits per heavy atom. The fourth-order valence-corrected chi connectivity index (χ4v) is 11.7. The van der Waals surface area contributed by atoms with E-state index in [9.17, 15) is 29.7 Å². The van der Waals surface area contributed by atoms with Gasteiger partial charge in [-0.15, -0.1) is 0 Å². The first-order chi connectivity index (χ1) is 34.7. The van der Waals surface area contributed by atoms with Crippen molar-refractivity contribution in [3.8, 4) is 0 Å². The SMILES string of the molecule is Nc1c2c(nn1C(=O)C1CCNc3c(Cl)cccc31)CC[C@@H](O)C2.Nc1c2c(nn1C(=O)[C@@H]1CCNc3c(Cl)cccc31)CC[C@@H](O)C2.Nc1c2c(nn1C(=O)[C@H]1CCNc3c(Cl)cccc31)CC[C@@H](O)C2. The molecule has 3 aliphatic heterocycles. The minimum absolute atomic E-state index is 0.138. The summed E-state index contributed by atoms with van der Waals surface area (Å²) in [6.07, 6.45) is 6.06. The average Bonchev–Trinajstić information content (AvgIpc) is 4.02. The summed E-state index contributed by atoms with van der Waals surface area (Å²) in [5.41, 5.74) is 28.5. The Kier molecular flexibility index (Phi) is 14.0. The lowest BCUT2D eigenvalue weighted by molar-refractivity contribution is 0.0851. The van der Waals surface area contributed by atoms with E-state index in [1.54, 1.807) is 0 Å². The van der Waals surface area contributed by atoms with Crippen LogP contribution in [-0.2, 0) is 38.5 Å². The van der Waals surface area contributed by atoms with Crippen LogP contribution >= 0.6 is 34.8 Å². The molecule has 0 bridgehead atoms. The van der Waals surface area contributed by atoms with Crippen molar-refractivity contribution < 1.29 is 29.7 Å². The molecule has 3 aliphatic carbocycles. The monoisotopic (exact) mass is 1040 g/mol. The van der Waals surface area contributed by atoms with Gasteiger partial charge in [0.15, 0.2) is 0 Å². The smallest absolute Gasteiger partial charge is 0.256 e. The lowest BCUT2D eigenvalue weighted by Gasteiger charge is -2.26. The Hall–Kier alpha value is -6.15. The highest BCUT2D eigenvalue weighted by Crippen LogP contribution is 2.41. The highest BCUT2D eigenvalue weighted by molar-refractivity contribution is 6.34. The van der Waals surface area contributed by atoms with Crippen LogP contribution in [0.15, 0.2) is 54.6 Å². The van der Waals surface area contributed by atoms with E-state index in [1.165, 1.54) is 14.0 Å². The second-order valence-corrected chi connectivity index (χ2v) is 20.5. The Balaban J connectivity index is 0.000000124. The van der Waals surface area contributed by atoms with E-state index < -0.39 is 18.3 Å². The number of anilines is 6. The summed E-state index contributed by atoms with van der Waals surface area (Å²) in [5.74, 6) is -0.317. The highest BCUT2D eigenvalue weighted by atomic mass is 35.5. The number of aliphatic hydroxyl groups is 3. The van der Waals surface area contributed by atoms with Crippen LogP contribution in [0, 0.1) is 0 Å². The number of hydrogen-bond donors (Lipinski definition) is 9. The number of rotatable bonds is 3. The number of nitrogens with one attached hydrogen (secondary N) is 3. The molecule has 21 heteroatoms. The number of hydrogen-bond acceptors (Lipinski definition) is 15. The normalized spacial score (nSPS) is 22.4. The van der Waals surface area contributed by atoms with Gasteiger partial charge in [-0.1, -0.05) is 71.2 Å². The van der Waals surface area contributed by atoms with Crippen molar-refractivity contribution in [2.75, 3.05) is 52.8 Å². The van der Waals surface area contributed by atoms with Crippen molar-refractivity contribution in [3.05, 3.63) is 120 Å². The number of nitrogens with two attached hydrogens (primary N) is 3. The minimum atomic E-state index is -0.411. The molecular formula is C51H57Cl3N12O6. The number of aromatic nitrogens is 6. The lowest BCUT2D eigenvalue weighted by atomic mass is 9.90. The van der Waals surface area contributed by atoms with Gasteiger partial charge < -0.3 is 48.5 Å². The van der Waals surface area contributed by atoms with Gasteiger partial charge in [-0.2, -0.15) is 29.3 Å². The number of nitrogens with zero attached hydrogens (tertiary/aromatic N) is 6. The molecule has 378 valence electrons. The van der Waals surface area contributed by atoms with Crippen LogP contribution < -0.4 is 33.2 Å². The molecule has 12 N–H and O–H groups in total. The van der Waals surface area contributed by atoms with E-state index in [2.05, 4.69) is 31.2 Å². The van der Waals surface area contributed by atoms with E-state index in [4.69, 9.17) is 52.0 Å². The molecule has 0 fully saturated rings. The van der Waals surface area contributed by atoms with Gasteiger partial charge in [0.25, 0.3) is 17.7 Å². The second-order valence-electron chi connectivity index (χ2n) is 19.3. The van der Waals surface area contributed by atoms with Crippen LogP contribution in [0.2, 0.25) is 15.1 Å². The zero-order chi connectivity index (χ0) is 50.5. The fraction of sp³-hybridized carbons (Fsp3) is 0.412. The molecule has 1 unspecified atom stereocenters. The Morgan fingerprint density at radius 2 is 0.750 bits per heavy atom. The van der Waals surface area contributed by atoms with Crippen LogP contribution in [0.4, 0.5) is 34.5 Å². The maximum atomic E-state index is 13.1. The van der Waals surface area contributed by atoms with Gasteiger partial charge in [-0.05, 0) is 92.7 Å². The number of carbonyl (C=O) groups excluding carboxylic acids is 3. The van der Waals surface area contributed by atoms with E-state index in [1.807, 2.05) is 54.6 Å². The van der Waals surface area contributed by atoms with Crippen molar-refractivity contribution in [1.29, 1.82) is 0 Å². The molecule has 12 rings (SSSR count). The van der Waals surface area contributed by atoms with E-state index in [0.29, 0.717) is 129 Å². The maximum Gasteiger partial charge on any atom is 0.256 e. The molecule has 0 radical (unpaired) electrons. The summed E-state index contributed by atoms with van der Waals surface area (Å²) in [6, 6.07) is 16.7. The zero-order valence-electron chi connectivity index (χ0n) is 39.4. The summed E-state index contributed by atoms with van der Waals surface area (Å²) in [6.45, 7) is 2.02. The van der Waals surface area contributed by atoms with Gasteiger partial charge in [0.1, 0.15) is 17.5 Å². The molecule has 0 amide bonds. The summed E-state index contributed by atoms with van der Waals surface area (Å²) >= 11 is 18.7. The molecule has 6 aromatic rings. The first-order valence-electron chi connectivity index (χ1n) is 24.5. The number of nitrogen functional groups attached to an aromatic ring is 3. The molecule has 0 saturated heterocycles. The van der Waals surface area contributed by atoms with Crippen molar-refractivity contribution in [2.45, 2.75) is 113 Å². The highest BCUT2D eigenvalue weighted by Gasteiger charge is 2.36. The number of aliphatic hydroxyl groups excluding tert-OH is 3. The standard InChI is InChI=1S/3C17H19ClN4O2/c3*18-13-3-1-2-10-11(6-7-20-15(10)13)17(24)22-16(19)12-8-9(23)4-5-14(12)21-22/h3*1-3,9,11,20,23H,4-8,19H2/t9-,11?;9-,11+;9-,11-/m111/s1. The van der Waals surface area contributed by atoms with Gasteiger partial charge in [-0.25, -0.2) is 0 Å². The first-order valence-corrected chi connectivity index (χ1v) is 25.6. The largest absolute Gasteiger partial charge is 0.393 e. The number of halogens is 3. The quantitative estimate of drug-likeness (QED) is 0.0900. The fourth-order valence-electron chi connectivity index (χ4n) is 11.0. The number of fused-ring (bicyclic) bond motifs is 6. The Labute approximate surface area is 430 Å². The van der Waals surface area contributed by atoms with Crippen molar-refractivity contribution >= 4 is 87.0 Å². The van der Waals surface area contributed by atoms with Gasteiger partial charge >= 0.3 is 0 Å². The van der Waals surface area contributed by atoms with Gasteiger partial charge in [0.2, 0.25) is 0 Å². The van der Waals surface area contributed by atoms with Crippen molar-refractivity contribution in [2.24, 2.45) is 0 Å². The summed E-state index contributed by atoms with van der Waals surface area (Å²) in [5, 5.41) is 54.4. The number of para-hydroxylation sites is 3. The van der Waals surface area contributed by atoms with Crippen molar-refractivity contribution in [3.63, 3.8) is 0 Å². The topological polar surface area (TPSA) is 280 Å². The predicted molar refractivity (Wildman–Crippen MR) is 278 cm³/mol. The first kappa shape index (κ1) is 49.4. The molecule has 0 spiro atoms. The number of aryl methyl sites for hydroxylation is 3. The zero-order valence-corrected chi connectivity index (χ0v) is 41.7. The molecule has 18 nitrogen and oxygen atoms in total. The second kappa shape index (κ2) is 20.4. The predicted octanol–water partition coefficient (Wildman–Crippen LogP) is 6.62. The Bertz CT molecular complexity index is 2770. The third kappa shape index (κ3) is 9.28. The van der Waals surface area contributed by atoms with E-state index >= 15 is 0 Å². The molecule has 3 aromatic carbocycles. The molecule has 6 atom stereocenters. The third-order valence-corrected chi connectivity index (χ3v) is 15.7. The van der Waals surface area contributed by atoms with E-state index in [-0.39, 0.29) is 35.5 Å². The van der Waals surface area contributed by atoms with Crippen LogP contribution in [0.3, 0.4) is 0 Å². The molecular weight excluding hydrogens is 983 g/mol. The summed E-state index contributed by atoms with van der Waals surface area (Å²) in [7, 11) is 0. The van der Waals surface area contributed by atoms with Crippen LogP contribution in [0.25, 0.3) is 0 Å². The van der Waals surface area contributed by atoms with Gasteiger partial charge in [0.05, 0.1) is 85.3 Å². The average molecular weight is 1040 g/mol. The number of carbonyl (C=O) groups is 3. The Morgan fingerprint density at radius 3 is 1.03 bits per heavy atom. The third-order valence-electron chi connectivity index (χ3n) is 14.8. The molecule has 6 heterocycles. The minimum Gasteiger partial charge on any atom is -0.393 e. The van der Waals surface area contributed by atoms with Crippen LogP contribution in [-0.4, -0.2) is 100 Å². The number of benzene rings is 3. The molecule has 72 heavy (non-hydrogen) atoms. The molecule has 3 aromatic heterocycles. The van der Waals surface area contributed by atoms with Crippen molar-refractivity contribution in [1.82, 2.24) is 29.3 Å². The van der Waals surface area contributed by atoms with Gasteiger partial charge in [0, 0.05) is 55.6 Å². The van der Waals surface area contributed by atoms with Gasteiger partial charge in [-0.3, -0.25) is 14.4 Å². The van der Waals surface area contributed by atoms with Crippen LogP contribution in [0.1, 0.15) is 121 Å². The maximum absolute atomic E-state index is 13.1. The molecule has 6 aliphatic rings. The van der Waals surface area contributed by atoms with E-state index in [0.717, 1.165) is 67.5 Å². The summed E-state index contributed by atoms with van der Waals surface area (Å²) < 4.78 is 3.97. The summed E-state index contributed by atoms with van der Waals surface area (Å²) in [4.78, 5) is 39.2. The van der Waals surface area contributed by atoms with Crippen LogP contribution in [0.5, 0.6) is 0 Å².